The minimum atomic E-state index is -3.78. The average Bonchev–Trinajstić information content (AvgIpc) is 2.64. The summed E-state index contributed by atoms with van der Waals surface area (Å²) >= 11 is 3.22. The van der Waals surface area contributed by atoms with Gasteiger partial charge in [-0.1, -0.05) is 6.08 Å². The first kappa shape index (κ1) is 21.6. The van der Waals surface area contributed by atoms with E-state index in [4.69, 9.17) is 4.74 Å². The Kier molecular flexibility index (Phi) is 7.58. The van der Waals surface area contributed by atoms with Crippen molar-refractivity contribution in [3.8, 4) is 0 Å². The molecule has 1 heterocycles. The summed E-state index contributed by atoms with van der Waals surface area (Å²) in [6.07, 6.45) is 4.37. The second-order valence-electron chi connectivity index (χ2n) is 6.29. The molecule has 1 aliphatic heterocycles. The van der Waals surface area contributed by atoms with Crippen LogP contribution in [0.15, 0.2) is 40.2 Å². The van der Waals surface area contributed by atoms with E-state index in [0.29, 0.717) is 11.0 Å². The third-order valence-electron chi connectivity index (χ3n) is 4.34. The van der Waals surface area contributed by atoms with Gasteiger partial charge in [0.25, 0.3) is 5.91 Å². The summed E-state index contributed by atoms with van der Waals surface area (Å²) in [4.78, 5) is 26.3. The number of likely N-dealkylation sites (tertiary alicyclic amines) is 1. The summed E-state index contributed by atoms with van der Waals surface area (Å²) in [5.41, 5.74) is 0.0379. The van der Waals surface area contributed by atoms with Crippen LogP contribution in [-0.2, 0) is 19.6 Å². The molecule has 0 saturated carbocycles. The Balaban J connectivity index is 2.08. The van der Waals surface area contributed by atoms with Crippen molar-refractivity contribution in [3.63, 3.8) is 0 Å². The van der Waals surface area contributed by atoms with Gasteiger partial charge in [-0.2, -0.15) is 0 Å². The highest BCUT2D eigenvalue weighted by atomic mass is 79.9. The van der Waals surface area contributed by atoms with Crippen molar-refractivity contribution in [1.29, 1.82) is 0 Å². The van der Waals surface area contributed by atoms with Gasteiger partial charge in [0.15, 0.2) is 6.61 Å². The van der Waals surface area contributed by atoms with Crippen molar-refractivity contribution in [1.82, 2.24) is 9.62 Å². The molecule has 9 heteroatoms. The highest BCUT2D eigenvalue weighted by Crippen LogP contribution is 2.22. The largest absolute Gasteiger partial charge is 0.452 e. The number of carbonyl (C=O) groups is 2. The normalized spacial score (nSPS) is 17.4. The van der Waals surface area contributed by atoms with Gasteiger partial charge in [-0.3, -0.25) is 4.79 Å². The average molecular weight is 459 g/mol. The lowest BCUT2D eigenvalue weighted by Crippen LogP contribution is -2.44. The highest BCUT2D eigenvalue weighted by molar-refractivity contribution is 9.10. The molecule has 1 saturated heterocycles. The van der Waals surface area contributed by atoms with E-state index in [0.717, 1.165) is 19.3 Å². The molecular formula is C18H23BrN2O5S. The number of carbonyl (C=O) groups excluding carboxylic acids is 2. The van der Waals surface area contributed by atoms with Crippen LogP contribution in [0.1, 0.15) is 36.5 Å². The number of hydrogen-bond acceptors (Lipinski definition) is 5. The lowest BCUT2D eigenvalue weighted by molar-refractivity contribution is -0.137. The lowest BCUT2D eigenvalue weighted by atomic mass is 10.0. The van der Waals surface area contributed by atoms with Crippen molar-refractivity contribution in [2.24, 2.45) is 0 Å². The zero-order chi connectivity index (χ0) is 20.0. The topological polar surface area (TPSA) is 92.8 Å². The molecule has 1 amide bonds. The van der Waals surface area contributed by atoms with Crippen LogP contribution in [-0.4, -0.2) is 50.9 Å². The molecule has 0 spiro atoms. The van der Waals surface area contributed by atoms with Gasteiger partial charge in [0.1, 0.15) is 0 Å². The van der Waals surface area contributed by atoms with E-state index in [2.05, 4.69) is 27.2 Å². The molecule has 1 fully saturated rings. The minimum Gasteiger partial charge on any atom is -0.452 e. The van der Waals surface area contributed by atoms with Gasteiger partial charge in [-0.05, 0) is 60.3 Å². The van der Waals surface area contributed by atoms with Crippen LogP contribution in [0.3, 0.4) is 0 Å². The SMILES string of the molecule is C=CCNS(=O)(=O)c1ccc(Br)c(C(=O)OCC(=O)N2CCCCC2C)c1. The summed E-state index contributed by atoms with van der Waals surface area (Å²) < 4.78 is 32.2. The number of nitrogens with zero attached hydrogens (tertiary/aromatic N) is 1. The number of benzene rings is 1. The van der Waals surface area contributed by atoms with Crippen LogP contribution in [0.5, 0.6) is 0 Å². The zero-order valence-corrected chi connectivity index (χ0v) is 17.5. The maximum absolute atomic E-state index is 12.4. The van der Waals surface area contributed by atoms with Gasteiger partial charge in [-0.15, -0.1) is 6.58 Å². The molecule has 1 atom stereocenters. The Hall–Kier alpha value is -1.71. The number of amides is 1. The van der Waals surface area contributed by atoms with Crippen LogP contribution < -0.4 is 4.72 Å². The van der Waals surface area contributed by atoms with Crippen molar-refractivity contribution in [3.05, 3.63) is 40.9 Å². The zero-order valence-electron chi connectivity index (χ0n) is 15.1. The van der Waals surface area contributed by atoms with Crippen molar-refractivity contribution in [2.75, 3.05) is 19.7 Å². The van der Waals surface area contributed by atoms with Crippen molar-refractivity contribution in [2.45, 2.75) is 37.1 Å². The Morgan fingerprint density at radius 1 is 1.41 bits per heavy atom. The Labute approximate surface area is 167 Å². The van der Waals surface area contributed by atoms with Crippen molar-refractivity contribution >= 4 is 37.8 Å². The summed E-state index contributed by atoms with van der Waals surface area (Å²) in [6, 6.07) is 4.16. The summed E-state index contributed by atoms with van der Waals surface area (Å²) in [5, 5.41) is 0. The smallest absolute Gasteiger partial charge is 0.339 e. The number of piperidine rings is 1. The first-order valence-corrected chi connectivity index (χ1v) is 10.9. The second-order valence-corrected chi connectivity index (χ2v) is 8.91. The summed E-state index contributed by atoms with van der Waals surface area (Å²) in [7, 11) is -3.78. The first-order chi connectivity index (χ1) is 12.8. The molecule has 0 aliphatic carbocycles. The molecule has 1 aromatic rings. The monoisotopic (exact) mass is 458 g/mol. The molecule has 148 valence electrons. The first-order valence-electron chi connectivity index (χ1n) is 8.63. The summed E-state index contributed by atoms with van der Waals surface area (Å²) in [6.45, 7) is 5.78. The standard InChI is InChI=1S/C18H23BrN2O5S/c1-3-9-20-27(24,25)14-7-8-16(19)15(11-14)18(23)26-12-17(22)21-10-5-4-6-13(21)2/h3,7-8,11,13,20H,1,4-6,9-10,12H2,2H3. The predicted octanol–water partition coefficient (Wildman–Crippen LogP) is 2.47. The second kappa shape index (κ2) is 9.48. The molecular weight excluding hydrogens is 436 g/mol. The Bertz CT molecular complexity index is 825. The molecule has 0 bridgehead atoms. The fourth-order valence-corrected chi connectivity index (χ4v) is 4.27. The van der Waals surface area contributed by atoms with Gasteiger partial charge >= 0.3 is 5.97 Å². The van der Waals surface area contributed by atoms with Crippen LogP contribution in [0.2, 0.25) is 0 Å². The van der Waals surface area contributed by atoms with Crippen molar-refractivity contribution < 1.29 is 22.7 Å². The molecule has 1 aromatic carbocycles. The number of rotatable bonds is 7. The van der Waals surface area contributed by atoms with E-state index < -0.39 is 16.0 Å². The maximum Gasteiger partial charge on any atom is 0.339 e. The molecule has 1 aliphatic rings. The van der Waals surface area contributed by atoms with E-state index in [1.165, 1.54) is 24.3 Å². The third-order valence-corrected chi connectivity index (χ3v) is 6.45. The molecule has 2 rings (SSSR count). The molecule has 1 N–H and O–H groups in total. The quantitative estimate of drug-likeness (QED) is 0.500. The molecule has 1 unspecified atom stereocenters. The van der Waals surface area contributed by atoms with Crippen LogP contribution in [0.25, 0.3) is 0 Å². The van der Waals surface area contributed by atoms with E-state index in [9.17, 15) is 18.0 Å². The maximum atomic E-state index is 12.4. The fourth-order valence-electron chi connectivity index (χ4n) is 2.84. The van der Waals surface area contributed by atoms with Crippen LogP contribution in [0, 0.1) is 0 Å². The van der Waals surface area contributed by atoms with E-state index >= 15 is 0 Å². The number of ether oxygens (including phenoxy) is 1. The van der Waals surface area contributed by atoms with Gasteiger partial charge < -0.3 is 9.64 Å². The van der Waals surface area contributed by atoms with Gasteiger partial charge in [-0.25, -0.2) is 17.9 Å². The third kappa shape index (κ3) is 5.63. The predicted molar refractivity (Wildman–Crippen MR) is 105 cm³/mol. The molecule has 7 nitrogen and oxygen atoms in total. The molecule has 0 radical (unpaired) electrons. The number of esters is 1. The molecule has 27 heavy (non-hydrogen) atoms. The Morgan fingerprint density at radius 3 is 2.81 bits per heavy atom. The number of hydrogen-bond donors (Lipinski definition) is 1. The minimum absolute atomic E-state index is 0.0379. The lowest BCUT2D eigenvalue weighted by Gasteiger charge is -2.33. The van der Waals surface area contributed by atoms with Gasteiger partial charge in [0, 0.05) is 23.6 Å². The van der Waals surface area contributed by atoms with Crippen LogP contribution >= 0.6 is 15.9 Å². The van der Waals surface area contributed by atoms with Gasteiger partial charge in [0.2, 0.25) is 10.0 Å². The van der Waals surface area contributed by atoms with Crippen LogP contribution in [0.4, 0.5) is 0 Å². The number of sulfonamides is 1. The molecule has 0 aromatic heterocycles. The van der Waals surface area contributed by atoms with Gasteiger partial charge in [0.05, 0.1) is 10.5 Å². The number of nitrogens with one attached hydrogen (secondary N) is 1. The van der Waals surface area contributed by atoms with E-state index in [1.807, 2.05) is 6.92 Å². The number of halogens is 1. The Morgan fingerprint density at radius 2 is 2.15 bits per heavy atom. The van der Waals surface area contributed by atoms with E-state index in [-0.39, 0.29) is 35.6 Å². The fraction of sp³-hybridized carbons (Fsp3) is 0.444. The highest BCUT2D eigenvalue weighted by Gasteiger charge is 2.25. The summed E-state index contributed by atoms with van der Waals surface area (Å²) in [5.74, 6) is -1.01. The van der Waals surface area contributed by atoms with E-state index in [1.54, 1.807) is 4.90 Å².